The molecule has 28 heavy (non-hydrogen) atoms. The minimum atomic E-state index is -0.491. The summed E-state index contributed by atoms with van der Waals surface area (Å²) in [6.07, 6.45) is 1.22. The van der Waals surface area contributed by atoms with Crippen molar-refractivity contribution in [2.45, 2.75) is 0 Å². The van der Waals surface area contributed by atoms with Crippen LogP contribution in [0.2, 0.25) is 5.02 Å². The van der Waals surface area contributed by atoms with Gasteiger partial charge in [-0.25, -0.2) is 9.82 Å². The van der Waals surface area contributed by atoms with E-state index < -0.39 is 11.7 Å². The molecule has 7 heteroatoms. The van der Waals surface area contributed by atoms with Crippen molar-refractivity contribution >= 4 is 35.3 Å². The molecule has 0 saturated heterocycles. The maximum atomic E-state index is 13.5. The van der Waals surface area contributed by atoms with E-state index >= 15 is 0 Å². The van der Waals surface area contributed by atoms with E-state index in [1.165, 1.54) is 24.4 Å². The fraction of sp³-hybridized carbons (Fsp3) is 0. The first-order valence-electron chi connectivity index (χ1n) is 8.28. The van der Waals surface area contributed by atoms with Crippen molar-refractivity contribution in [1.82, 2.24) is 5.43 Å². The van der Waals surface area contributed by atoms with Crippen LogP contribution >= 0.6 is 11.6 Å². The number of carbonyl (C=O) groups excluding carboxylic acids is 2. The van der Waals surface area contributed by atoms with Crippen molar-refractivity contribution in [3.63, 3.8) is 0 Å². The Morgan fingerprint density at radius 3 is 2.39 bits per heavy atom. The molecule has 0 atom stereocenters. The summed E-state index contributed by atoms with van der Waals surface area (Å²) in [5.74, 6) is -1.26. The van der Waals surface area contributed by atoms with Gasteiger partial charge in [-0.15, -0.1) is 0 Å². The quantitative estimate of drug-likeness (QED) is 0.493. The molecule has 140 valence electrons. The number of rotatable bonds is 5. The van der Waals surface area contributed by atoms with Crippen molar-refractivity contribution < 1.29 is 14.0 Å². The number of anilines is 1. The lowest BCUT2D eigenvalue weighted by molar-refractivity contribution is 0.0953. The minimum Gasteiger partial charge on any atom is -0.322 e. The van der Waals surface area contributed by atoms with Gasteiger partial charge >= 0.3 is 0 Å². The second kappa shape index (κ2) is 8.92. The molecule has 0 saturated carbocycles. The van der Waals surface area contributed by atoms with E-state index in [1.54, 1.807) is 54.6 Å². The monoisotopic (exact) mass is 395 g/mol. The molecule has 0 aliphatic rings. The number of benzene rings is 3. The van der Waals surface area contributed by atoms with Crippen molar-refractivity contribution in [2.24, 2.45) is 5.10 Å². The van der Waals surface area contributed by atoms with E-state index in [2.05, 4.69) is 15.8 Å². The van der Waals surface area contributed by atoms with Gasteiger partial charge in [0.15, 0.2) is 0 Å². The molecular formula is C21H15ClFN3O2. The number of halogens is 2. The zero-order valence-corrected chi connectivity index (χ0v) is 15.3. The number of hydrazone groups is 1. The number of amides is 2. The first-order valence-corrected chi connectivity index (χ1v) is 8.65. The molecule has 0 radical (unpaired) electrons. The van der Waals surface area contributed by atoms with Gasteiger partial charge in [0.1, 0.15) is 5.82 Å². The molecule has 0 spiro atoms. The predicted octanol–water partition coefficient (Wildman–Crippen LogP) is 4.50. The van der Waals surface area contributed by atoms with Crippen molar-refractivity contribution in [1.29, 1.82) is 0 Å². The first kappa shape index (κ1) is 19.3. The molecular weight excluding hydrogens is 381 g/mol. The Labute approximate surface area is 165 Å². The van der Waals surface area contributed by atoms with E-state index in [9.17, 15) is 14.0 Å². The lowest BCUT2D eigenvalue weighted by Crippen LogP contribution is -2.18. The lowest BCUT2D eigenvalue weighted by Gasteiger charge is -2.07. The van der Waals surface area contributed by atoms with Crippen LogP contribution in [0, 0.1) is 5.82 Å². The summed E-state index contributed by atoms with van der Waals surface area (Å²) in [6.45, 7) is 0. The lowest BCUT2D eigenvalue weighted by atomic mass is 10.1. The van der Waals surface area contributed by atoms with E-state index in [0.29, 0.717) is 21.8 Å². The Hall–Kier alpha value is -3.51. The third kappa shape index (κ3) is 5.02. The largest absolute Gasteiger partial charge is 0.322 e. The van der Waals surface area contributed by atoms with Gasteiger partial charge in [-0.3, -0.25) is 9.59 Å². The smallest absolute Gasteiger partial charge is 0.271 e. The number of hydrogen-bond donors (Lipinski definition) is 2. The zero-order chi connectivity index (χ0) is 19.9. The maximum Gasteiger partial charge on any atom is 0.271 e. The third-order valence-corrected chi connectivity index (χ3v) is 4.02. The van der Waals surface area contributed by atoms with E-state index in [-0.39, 0.29) is 11.5 Å². The van der Waals surface area contributed by atoms with Gasteiger partial charge < -0.3 is 5.32 Å². The highest BCUT2D eigenvalue weighted by molar-refractivity contribution is 6.30. The molecule has 3 aromatic carbocycles. The average molecular weight is 396 g/mol. The van der Waals surface area contributed by atoms with Crippen molar-refractivity contribution in [2.75, 3.05) is 5.32 Å². The molecule has 2 N–H and O–H groups in total. The predicted molar refractivity (Wildman–Crippen MR) is 107 cm³/mol. The molecule has 2 amide bonds. The third-order valence-electron chi connectivity index (χ3n) is 3.76. The highest BCUT2D eigenvalue weighted by Crippen LogP contribution is 2.14. The summed E-state index contributed by atoms with van der Waals surface area (Å²) in [7, 11) is 0. The van der Waals surface area contributed by atoms with Crippen LogP contribution in [-0.2, 0) is 0 Å². The molecule has 3 rings (SSSR count). The zero-order valence-electron chi connectivity index (χ0n) is 14.5. The van der Waals surface area contributed by atoms with Gasteiger partial charge in [0, 0.05) is 27.4 Å². The summed E-state index contributed by atoms with van der Waals surface area (Å²) in [5.41, 5.74) is 3.77. The summed E-state index contributed by atoms with van der Waals surface area (Å²) in [5, 5.41) is 7.01. The van der Waals surface area contributed by atoms with Crippen LogP contribution in [0.15, 0.2) is 77.9 Å². The van der Waals surface area contributed by atoms with E-state index in [0.717, 1.165) is 0 Å². The number of nitrogens with zero attached hydrogens (tertiary/aromatic N) is 1. The second-order valence-electron chi connectivity index (χ2n) is 5.76. The highest BCUT2D eigenvalue weighted by Gasteiger charge is 2.09. The number of carbonyl (C=O) groups is 2. The molecule has 3 aromatic rings. The molecule has 0 heterocycles. The van der Waals surface area contributed by atoms with Gasteiger partial charge in [0.25, 0.3) is 11.8 Å². The Kier molecular flexibility index (Phi) is 6.14. The van der Waals surface area contributed by atoms with E-state index in [4.69, 9.17) is 11.6 Å². The van der Waals surface area contributed by atoms with Crippen LogP contribution in [0.3, 0.4) is 0 Å². The Balaban J connectivity index is 1.65. The molecule has 0 aliphatic heterocycles. The van der Waals surface area contributed by atoms with Crippen molar-refractivity contribution in [3.05, 3.63) is 100 Å². The van der Waals surface area contributed by atoms with Crippen LogP contribution in [0.4, 0.5) is 10.1 Å². The Morgan fingerprint density at radius 2 is 1.64 bits per heavy atom. The number of nitrogens with one attached hydrogen (secondary N) is 2. The SMILES string of the molecule is O=C(NN=Cc1ccccc1F)c1cccc(NC(=O)c2ccc(Cl)cc2)c1. The molecule has 0 aromatic heterocycles. The van der Waals surface area contributed by atoms with Gasteiger partial charge in [0.2, 0.25) is 0 Å². The summed E-state index contributed by atoms with van der Waals surface area (Å²) in [4.78, 5) is 24.5. The van der Waals surface area contributed by atoms with Gasteiger partial charge in [-0.05, 0) is 48.5 Å². The fourth-order valence-electron chi connectivity index (χ4n) is 2.35. The molecule has 0 fully saturated rings. The first-order chi connectivity index (χ1) is 13.5. The average Bonchev–Trinajstić information content (AvgIpc) is 2.70. The Bertz CT molecular complexity index is 1040. The van der Waals surface area contributed by atoms with Gasteiger partial charge in [0.05, 0.1) is 6.21 Å². The summed E-state index contributed by atoms with van der Waals surface area (Å²) >= 11 is 5.81. The molecule has 0 bridgehead atoms. The second-order valence-corrected chi connectivity index (χ2v) is 6.20. The van der Waals surface area contributed by atoms with Crippen molar-refractivity contribution in [3.8, 4) is 0 Å². The topological polar surface area (TPSA) is 70.6 Å². The van der Waals surface area contributed by atoms with Crippen LogP contribution in [0.5, 0.6) is 0 Å². The van der Waals surface area contributed by atoms with Gasteiger partial charge in [-0.1, -0.05) is 35.9 Å². The van der Waals surface area contributed by atoms with Crippen LogP contribution < -0.4 is 10.7 Å². The normalized spacial score (nSPS) is 10.6. The van der Waals surface area contributed by atoms with Crippen LogP contribution in [0.25, 0.3) is 0 Å². The highest BCUT2D eigenvalue weighted by atomic mass is 35.5. The fourth-order valence-corrected chi connectivity index (χ4v) is 2.47. The maximum absolute atomic E-state index is 13.5. The Morgan fingerprint density at radius 1 is 0.893 bits per heavy atom. The van der Waals surface area contributed by atoms with Gasteiger partial charge in [-0.2, -0.15) is 5.10 Å². The van der Waals surface area contributed by atoms with E-state index in [1.807, 2.05) is 0 Å². The standard InChI is InChI=1S/C21H15ClFN3O2/c22-17-10-8-14(9-11-17)20(27)25-18-6-3-5-15(12-18)21(28)26-24-13-16-4-1-2-7-19(16)23/h1-13H,(H,25,27)(H,26,28). The van der Waals surface area contributed by atoms with Crippen LogP contribution in [0.1, 0.15) is 26.3 Å². The molecule has 0 aliphatic carbocycles. The number of hydrogen-bond acceptors (Lipinski definition) is 3. The molecule has 5 nitrogen and oxygen atoms in total. The molecule has 0 unspecified atom stereocenters. The summed E-state index contributed by atoms with van der Waals surface area (Å²) in [6, 6.07) is 18.9. The van der Waals surface area contributed by atoms with Crippen LogP contribution in [-0.4, -0.2) is 18.0 Å². The minimum absolute atomic E-state index is 0.256. The summed E-state index contributed by atoms with van der Waals surface area (Å²) < 4.78 is 13.5.